The van der Waals surface area contributed by atoms with Crippen molar-refractivity contribution < 1.29 is 4.42 Å². The van der Waals surface area contributed by atoms with Crippen molar-refractivity contribution in [2.24, 2.45) is 0 Å². The van der Waals surface area contributed by atoms with Gasteiger partial charge in [-0.25, -0.2) is 4.98 Å². The number of hydrogen-bond donors (Lipinski definition) is 1. The van der Waals surface area contributed by atoms with Crippen molar-refractivity contribution in [2.75, 3.05) is 6.54 Å². The quantitative estimate of drug-likeness (QED) is 0.920. The lowest BCUT2D eigenvalue weighted by atomic mass is 10.2. The molecule has 1 unspecified atom stereocenters. The molecule has 1 aliphatic heterocycles. The first kappa shape index (κ1) is 11.0. The standard InChI is InChI=1S/C13H13BrN2O/c14-10-5-2-1-4-9(10)12-8-16-13(17-12)11-6-3-7-15-11/h1-2,4-5,8,11,15H,3,6-7H2. The van der Waals surface area contributed by atoms with E-state index in [0.717, 1.165) is 34.7 Å². The SMILES string of the molecule is Brc1ccccc1-c1cnc(C2CCCN2)o1. The molecule has 1 fully saturated rings. The Kier molecular flexibility index (Phi) is 2.99. The largest absolute Gasteiger partial charge is 0.439 e. The molecule has 1 aliphatic rings. The Balaban J connectivity index is 1.92. The molecule has 0 saturated carbocycles. The fourth-order valence-corrected chi connectivity index (χ4v) is 2.61. The molecule has 17 heavy (non-hydrogen) atoms. The molecular formula is C13H13BrN2O. The van der Waals surface area contributed by atoms with Crippen molar-refractivity contribution in [3.8, 4) is 11.3 Å². The van der Waals surface area contributed by atoms with Gasteiger partial charge in [-0.15, -0.1) is 0 Å². The summed E-state index contributed by atoms with van der Waals surface area (Å²) in [5.74, 6) is 1.62. The van der Waals surface area contributed by atoms with Crippen LogP contribution in [0, 0.1) is 0 Å². The summed E-state index contributed by atoms with van der Waals surface area (Å²) in [5, 5.41) is 3.38. The Hall–Kier alpha value is -1.13. The number of aromatic nitrogens is 1. The third kappa shape index (κ3) is 2.15. The summed E-state index contributed by atoms with van der Waals surface area (Å²) in [6.45, 7) is 1.05. The molecular weight excluding hydrogens is 280 g/mol. The molecule has 3 nitrogen and oxygen atoms in total. The second-order valence-corrected chi connectivity index (χ2v) is 5.05. The van der Waals surface area contributed by atoms with Crippen molar-refractivity contribution in [1.82, 2.24) is 10.3 Å². The van der Waals surface area contributed by atoms with Gasteiger partial charge in [0.05, 0.1) is 12.2 Å². The molecule has 3 rings (SSSR count). The number of nitrogens with zero attached hydrogens (tertiary/aromatic N) is 1. The zero-order valence-corrected chi connectivity index (χ0v) is 10.9. The first-order chi connectivity index (χ1) is 8.34. The van der Waals surface area contributed by atoms with Gasteiger partial charge in [0, 0.05) is 10.0 Å². The fourth-order valence-electron chi connectivity index (χ4n) is 2.13. The lowest BCUT2D eigenvalue weighted by molar-refractivity contribution is 0.437. The molecule has 0 amide bonds. The van der Waals surface area contributed by atoms with Crippen molar-refractivity contribution in [3.63, 3.8) is 0 Å². The Morgan fingerprint density at radius 3 is 3.00 bits per heavy atom. The van der Waals surface area contributed by atoms with E-state index in [9.17, 15) is 0 Å². The lowest BCUT2D eigenvalue weighted by Crippen LogP contribution is -2.12. The molecule has 1 saturated heterocycles. The van der Waals surface area contributed by atoms with Gasteiger partial charge in [0.2, 0.25) is 5.89 Å². The molecule has 1 atom stereocenters. The van der Waals surface area contributed by atoms with E-state index in [-0.39, 0.29) is 6.04 Å². The molecule has 1 aromatic heterocycles. The second-order valence-electron chi connectivity index (χ2n) is 4.19. The Labute approximate surface area is 108 Å². The minimum Gasteiger partial charge on any atom is -0.439 e. The van der Waals surface area contributed by atoms with Crippen LogP contribution in [-0.2, 0) is 0 Å². The second kappa shape index (κ2) is 4.63. The average Bonchev–Trinajstić information content (AvgIpc) is 3.00. The topological polar surface area (TPSA) is 38.1 Å². The third-order valence-corrected chi connectivity index (χ3v) is 3.71. The highest BCUT2D eigenvalue weighted by atomic mass is 79.9. The predicted octanol–water partition coefficient (Wildman–Crippen LogP) is 3.53. The van der Waals surface area contributed by atoms with Crippen molar-refractivity contribution in [3.05, 3.63) is 40.8 Å². The summed E-state index contributed by atoms with van der Waals surface area (Å²) in [7, 11) is 0. The van der Waals surface area contributed by atoms with Crippen molar-refractivity contribution >= 4 is 15.9 Å². The van der Waals surface area contributed by atoms with Gasteiger partial charge in [0.1, 0.15) is 0 Å². The third-order valence-electron chi connectivity index (χ3n) is 3.02. The molecule has 1 aromatic carbocycles. The van der Waals surface area contributed by atoms with E-state index in [2.05, 4.69) is 26.2 Å². The highest BCUT2D eigenvalue weighted by Crippen LogP contribution is 2.31. The number of nitrogens with one attached hydrogen (secondary N) is 1. The summed E-state index contributed by atoms with van der Waals surface area (Å²) in [5.41, 5.74) is 1.05. The molecule has 88 valence electrons. The van der Waals surface area contributed by atoms with Crippen LogP contribution in [0.25, 0.3) is 11.3 Å². The highest BCUT2D eigenvalue weighted by Gasteiger charge is 2.21. The van der Waals surface area contributed by atoms with Gasteiger partial charge in [-0.3, -0.25) is 0 Å². The van der Waals surface area contributed by atoms with Gasteiger partial charge in [0.25, 0.3) is 0 Å². The summed E-state index contributed by atoms with van der Waals surface area (Å²) < 4.78 is 6.86. The van der Waals surface area contributed by atoms with Gasteiger partial charge in [0.15, 0.2) is 5.76 Å². The van der Waals surface area contributed by atoms with Gasteiger partial charge in [-0.1, -0.05) is 34.1 Å². The van der Waals surface area contributed by atoms with E-state index in [1.165, 1.54) is 6.42 Å². The molecule has 0 spiro atoms. The number of oxazole rings is 1. The average molecular weight is 293 g/mol. The number of benzene rings is 1. The number of hydrogen-bond acceptors (Lipinski definition) is 3. The Morgan fingerprint density at radius 2 is 2.24 bits per heavy atom. The maximum absolute atomic E-state index is 5.83. The summed E-state index contributed by atoms with van der Waals surface area (Å²) >= 11 is 3.52. The Bertz CT molecular complexity index is 518. The van der Waals surface area contributed by atoms with Crippen LogP contribution >= 0.6 is 15.9 Å². The minimum absolute atomic E-state index is 0.284. The van der Waals surface area contributed by atoms with E-state index in [0.29, 0.717) is 0 Å². The fraction of sp³-hybridized carbons (Fsp3) is 0.308. The summed E-state index contributed by atoms with van der Waals surface area (Å²) in [4.78, 5) is 4.37. The van der Waals surface area contributed by atoms with Gasteiger partial charge < -0.3 is 9.73 Å². The van der Waals surface area contributed by atoms with Crippen LogP contribution < -0.4 is 5.32 Å². The maximum Gasteiger partial charge on any atom is 0.212 e. The van der Waals surface area contributed by atoms with E-state index in [4.69, 9.17) is 4.42 Å². The molecule has 2 aromatic rings. The zero-order valence-electron chi connectivity index (χ0n) is 9.32. The van der Waals surface area contributed by atoms with Crippen LogP contribution in [0.1, 0.15) is 24.8 Å². The molecule has 4 heteroatoms. The van der Waals surface area contributed by atoms with Crippen molar-refractivity contribution in [2.45, 2.75) is 18.9 Å². The van der Waals surface area contributed by atoms with Crippen LogP contribution in [0.5, 0.6) is 0 Å². The van der Waals surface area contributed by atoms with Crippen LogP contribution in [0.2, 0.25) is 0 Å². The van der Waals surface area contributed by atoms with Gasteiger partial charge in [-0.2, -0.15) is 0 Å². The predicted molar refractivity (Wildman–Crippen MR) is 69.6 cm³/mol. The van der Waals surface area contributed by atoms with E-state index in [1.807, 2.05) is 24.3 Å². The molecule has 1 N–H and O–H groups in total. The first-order valence-electron chi connectivity index (χ1n) is 5.78. The van der Waals surface area contributed by atoms with Gasteiger partial charge in [-0.05, 0) is 25.5 Å². The number of rotatable bonds is 2. The zero-order chi connectivity index (χ0) is 11.7. The smallest absolute Gasteiger partial charge is 0.212 e. The highest BCUT2D eigenvalue weighted by molar-refractivity contribution is 9.10. The minimum atomic E-state index is 0.284. The molecule has 0 bridgehead atoms. The monoisotopic (exact) mass is 292 g/mol. The summed E-state index contributed by atoms with van der Waals surface area (Å²) in [6.07, 6.45) is 4.10. The molecule has 0 radical (unpaired) electrons. The van der Waals surface area contributed by atoms with E-state index < -0.39 is 0 Å². The van der Waals surface area contributed by atoms with Crippen molar-refractivity contribution in [1.29, 1.82) is 0 Å². The van der Waals surface area contributed by atoms with E-state index >= 15 is 0 Å². The molecule has 2 heterocycles. The Morgan fingerprint density at radius 1 is 1.35 bits per heavy atom. The van der Waals surface area contributed by atoms with Gasteiger partial charge >= 0.3 is 0 Å². The van der Waals surface area contributed by atoms with Crippen LogP contribution in [0.3, 0.4) is 0 Å². The summed E-state index contributed by atoms with van der Waals surface area (Å²) in [6, 6.07) is 8.30. The van der Waals surface area contributed by atoms with Crippen LogP contribution in [0.4, 0.5) is 0 Å². The number of halogens is 1. The lowest BCUT2D eigenvalue weighted by Gasteiger charge is -2.04. The maximum atomic E-state index is 5.83. The van der Waals surface area contributed by atoms with E-state index in [1.54, 1.807) is 6.20 Å². The normalized spacial score (nSPS) is 19.7. The molecule has 0 aliphatic carbocycles. The van der Waals surface area contributed by atoms with Crippen LogP contribution in [-0.4, -0.2) is 11.5 Å². The van der Waals surface area contributed by atoms with Crippen LogP contribution in [0.15, 0.2) is 39.4 Å². The first-order valence-corrected chi connectivity index (χ1v) is 6.58.